The van der Waals surface area contributed by atoms with Crippen LogP contribution in [-0.4, -0.2) is 68.1 Å². The van der Waals surface area contributed by atoms with E-state index in [1.54, 1.807) is 7.11 Å². The number of nitrogens with zero attached hydrogens (tertiary/aromatic N) is 2. The van der Waals surface area contributed by atoms with Crippen LogP contribution in [-0.2, 0) is 20.9 Å². The van der Waals surface area contributed by atoms with Gasteiger partial charge in [0.2, 0.25) is 5.91 Å². The predicted octanol–water partition coefficient (Wildman–Crippen LogP) is 1.54. The van der Waals surface area contributed by atoms with Gasteiger partial charge in [-0.25, -0.2) is 0 Å². The standard InChI is InChI=1S/C19H26N2O4/c1-24-14-15-4-6-16(7-5-15)18(22)21-8-2-3-17(13-21)19(23)20-9-11-25-12-10-20/h4-7,17H,2-3,8-14H2,1H3. The zero-order valence-corrected chi connectivity index (χ0v) is 14.8. The van der Waals surface area contributed by atoms with Crippen molar-refractivity contribution in [3.05, 3.63) is 35.4 Å². The van der Waals surface area contributed by atoms with Crippen LogP contribution < -0.4 is 0 Å². The van der Waals surface area contributed by atoms with Crippen LogP contribution in [0.1, 0.15) is 28.8 Å². The van der Waals surface area contributed by atoms with E-state index >= 15 is 0 Å². The summed E-state index contributed by atoms with van der Waals surface area (Å²) in [6.45, 7) is 4.28. The molecule has 25 heavy (non-hydrogen) atoms. The van der Waals surface area contributed by atoms with Gasteiger partial charge in [0.15, 0.2) is 0 Å². The van der Waals surface area contributed by atoms with Gasteiger partial charge in [-0.2, -0.15) is 0 Å². The maximum Gasteiger partial charge on any atom is 0.253 e. The average Bonchev–Trinajstić information content (AvgIpc) is 2.68. The molecule has 2 fully saturated rings. The van der Waals surface area contributed by atoms with Gasteiger partial charge in [-0.1, -0.05) is 12.1 Å². The van der Waals surface area contributed by atoms with E-state index in [9.17, 15) is 9.59 Å². The zero-order chi connectivity index (χ0) is 17.6. The predicted molar refractivity (Wildman–Crippen MR) is 93.2 cm³/mol. The molecule has 2 amide bonds. The molecule has 1 aromatic carbocycles. The molecule has 1 aromatic rings. The molecule has 6 heteroatoms. The number of likely N-dealkylation sites (tertiary alicyclic amines) is 1. The Balaban J connectivity index is 1.61. The Labute approximate surface area is 148 Å². The second-order valence-electron chi connectivity index (χ2n) is 6.66. The molecule has 0 spiro atoms. The first-order valence-corrected chi connectivity index (χ1v) is 8.92. The summed E-state index contributed by atoms with van der Waals surface area (Å²) in [6, 6.07) is 7.50. The molecule has 1 atom stereocenters. The molecule has 0 aromatic heterocycles. The highest BCUT2D eigenvalue weighted by molar-refractivity contribution is 5.94. The first kappa shape index (κ1) is 17.9. The van der Waals surface area contributed by atoms with E-state index in [2.05, 4.69) is 0 Å². The minimum absolute atomic E-state index is 0.00319. The monoisotopic (exact) mass is 346 g/mol. The van der Waals surface area contributed by atoms with Crippen molar-refractivity contribution >= 4 is 11.8 Å². The quantitative estimate of drug-likeness (QED) is 0.830. The number of hydrogen-bond donors (Lipinski definition) is 0. The van der Waals surface area contributed by atoms with Gasteiger partial charge in [0.05, 0.1) is 25.7 Å². The summed E-state index contributed by atoms with van der Waals surface area (Å²) in [7, 11) is 1.65. The first-order valence-electron chi connectivity index (χ1n) is 8.92. The Hall–Kier alpha value is -1.92. The Kier molecular flexibility index (Phi) is 6.04. The van der Waals surface area contributed by atoms with Crippen molar-refractivity contribution < 1.29 is 19.1 Å². The summed E-state index contributed by atoms with van der Waals surface area (Å²) >= 11 is 0. The minimum Gasteiger partial charge on any atom is -0.380 e. The maximum atomic E-state index is 12.8. The minimum atomic E-state index is -0.0939. The normalized spacial score (nSPS) is 21.2. The van der Waals surface area contributed by atoms with Crippen molar-refractivity contribution in [1.29, 1.82) is 0 Å². The highest BCUT2D eigenvalue weighted by atomic mass is 16.5. The lowest BCUT2D eigenvalue weighted by atomic mass is 9.95. The molecule has 2 aliphatic rings. The number of methoxy groups -OCH3 is 1. The van der Waals surface area contributed by atoms with E-state index in [1.165, 1.54) is 0 Å². The zero-order valence-electron chi connectivity index (χ0n) is 14.8. The van der Waals surface area contributed by atoms with E-state index in [4.69, 9.17) is 9.47 Å². The second-order valence-corrected chi connectivity index (χ2v) is 6.66. The van der Waals surface area contributed by atoms with Crippen LogP contribution in [0.4, 0.5) is 0 Å². The lowest BCUT2D eigenvalue weighted by Crippen LogP contribution is -2.49. The van der Waals surface area contributed by atoms with E-state index in [0.29, 0.717) is 51.6 Å². The molecule has 0 N–H and O–H groups in total. The Morgan fingerprint density at radius 2 is 1.84 bits per heavy atom. The summed E-state index contributed by atoms with van der Waals surface area (Å²) in [5, 5.41) is 0. The Bertz CT molecular complexity index is 596. The molecular formula is C19H26N2O4. The van der Waals surface area contributed by atoms with Crippen molar-refractivity contribution in [2.24, 2.45) is 5.92 Å². The molecule has 2 heterocycles. The van der Waals surface area contributed by atoms with Crippen molar-refractivity contribution in [2.45, 2.75) is 19.4 Å². The molecule has 2 aliphatic heterocycles. The topological polar surface area (TPSA) is 59.1 Å². The van der Waals surface area contributed by atoms with Crippen LogP contribution in [0.25, 0.3) is 0 Å². The van der Waals surface area contributed by atoms with E-state index in [-0.39, 0.29) is 17.7 Å². The van der Waals surface area contributed by atoms with Gasteiger partial charge in [0, 0.05) is 38.9 Å². The van der Waals surface area contributed by atoms with E-state index in [0.717, 1.165) is 18.4 Å². The summed E-state index contributed by atoms with van der Waals surface area (Å²) in [5.41, 5.74) is 1.71. The molecule has 0 bridgehead atoms. The number of amides is 2. The first-order chi connectivity index (χ1) is 12.2. The number of hydrogen-bond acceptors (Lipinski definition) is 4. The highest BCUT2D eigenvalue weighted by Crippen LogP contribution is 2.21. The molecule has 2 saturated heterocycles. The largest absolute Gasteiger partial charge is 0.380 e. The van der Waals surface area contributed by atoms with Crippen LogP contribution in [0.5, 0.6) is 0 Å². The van der Waals surface area contributed by atoms with Crippen LogP contribution in [0.3, 0.4) is 0 Å². The van der Waals surface area contributed by atoms with Crippen molar-refractivity contribution in [2.75, 3.05) is 46.5 Å². The van der Waals surface area contributed by atoms with Gasteiger partial charge >= 0.3 is 0 Å². The number of rotatable bonds is 4. The summed E-state index contributed by atoms with van der Waals surface area (Å²) in [6.07, 6.45) is 1.72. The smallest absolute Gasteiger partial charge is 0.253 e. The van der Waals surface area contributed by atoms with Gasteiger partial charge in [-0.3, -0.25) is 9.59 Å². The maximum absolute atomic E-state index is 12.8. The van der Waals surface area contributed by atoms with Crippen LogP contribution in [0.15, 0.2) is 24.3 Å². The van der Waals surface area contributed by atoms with Crippen LogP contribution >= 0.6 is 0 Å². The van der Waals surface area contributed by atoms with Crippen molar-refractivity contribution in [1.82, 2.24) is 9.80 Å². The molecule has 1 unspecified atom stereocenters. The Morgan fingerprint density at radius 3 is 2.52 bits per heavy atom. The number of ether oxygens (including phenoxy) is 2. The van der Waals surface area contributed by atoms with Crippen LogP contribution in [0, 0.1) is 5.92 Å². The Morgan fingerprint density at radius 1 is 1.12 bits per heavy atom. The van der Waals surface area contributed by atoms with Crippen molar-refractivity contribution in [3.8, 4) is 0 Å². The number of morpholine rings is 1. The fourth-order valence-corrected chi connectivity index (χ4v) is 3.50. The summed E-state index contributed by atoms with van der Waals surface area (Å²) in [4.78, 5) is 29.1. The number of carbonyl (C=O) groups excluding carboxylic acids is 2. The molecular weight excluding hydrogens is 320 g/mol. The van der Waals surface area contributed by atoms with Crippen molar-refractivity contribution in [3.63, 3.8) is 0 Å². The third-order valence-electron chi connectivity index (χ3n) is 4.89. The summed E-state index contributed by atoms with van der Waals surface area (Å²) in [5.74, 6) is 0.0725. The third kappa shape index (κ3) is 4.38. The summed E-state index contributed by atoms with van der Waals surface area (Å²) < 4.78 is 10.4. The van der Waals surface area contributed by atoms with Gasteiger partial charge in [0.1, 0.15) is 0 Å². The molecule has 136 valence electrons. The van der Waals surface area contributed by atoms with E-state index in [1.807, 2.05) is 34.1 Å². The van der Waals surface area contributed by atoms with Gasteiger partial charge < -0.3 is 19.3 Å². The van der Waals surface area contributed by atoms with E-state index < -0.39 is 0 Å². The molecule has 0 aliphatic carbocycles. The molecule has 0 radical (unpaired) electrons. The lowest BCUT2D eigenvalue weighted by molar-refractivity contribution is -0.141. The van der Waals surface area contributed by atoms with Gasteiger partial charge in [0.25, 0.3) is 5.91 Å². The fourth-order valence-electron chi connectivity index (χ4n) is 3.50. The SMILES string of the molecule is COCc1ccc(C(=O)N2CCCC(C(=O)N3CCOCC3)C2)cc1. The lowest BCUT2D eigenvalue weighted by Gasteiger charge is -2.36. The fraction of sp³-hybridized carbons (Fsp3) is 0.579. The van der Waals surface area contributed by atoms with Crippen LogP contribution in [0.2, 0.25) is 0 Å². The molecule has 0 saturated carbocycles. The van der Waals surface area contributed by atoms with Gasteiger partial charge in [-0.05, 0) is 30.5 Å². The molecule has 6 nitrogen and oxygen atoms in total. The number of piperidine rings is 1. The second kappa shape index (κ2) is 8.45. The highest BCUT2D eigenvalue weighted by Gasteiger charge is 2.32. The average molecular weight is 346 g/mol. The number of carbonyl (C=O) groups is 2. The van der Waals surface area contributed by atoms with Gasteiger partial charge in [-0.15, -0.1) is 0 Å². The number of benzene rings is 1. The molecule has 3 rings (SSSR count). The third-order valence-corrected chi connectivity index (χ3v) is 4.89.